The average molecular weight is 339 g/mol. The van der Waals surface area contributed by atoms with Gasteiger partial charge in [-0.2, -0.15) is 13.2 Å². The van der Waals surface area contributed by atoms with Crippen molar-refractivity contribution in [2.45, 2.75) is 31.9 Å². The minimum Gasteiger partial charge on any atom is -0.319 e. The van der Waals surface area contributed by atoms with Crippen LogP contribution in [0.4, 0.5) is 18.9 Å². The summed E-state index contributed by atoms with van der Waals surface area (Å²) in [5.74, 6) is 0. The minimum absolute atomic E-state index is 0.155. The first kappa shape index (κ1) is 17.6. The van der Waals surface area contributed by atoms with Gasteiger partial charge in [0.15, 0.2) is 6.04 Å². The van der Waals surface area contributed by atoms with E-state index in [1.807, 2.05) is 19.6 Å². The van der Waals surface area contributed by atoms with Crippen molar-refractivity contribution < 1.29 is 17.7 Å². The van der Waals surface area contributed by atoms with Crippen molar-refractivity contribution >= 4 is 14.0 Å². The van der Waals surface area contributed by atoms with Crippen molar-refractivity contribution in [1.82, 2.24) is 0 Å². The Bertz CT molecular complexity index is 611. The molecule has 2 rings (SSSR count). The molecular formula is C17H20F3NOSi. The van der Waals surface area contributed by atoms with E-state index in [2.05, 4.69) is 0 Å². The lowest BCUT2D eigenvalue weighted by Gasteiger charge is -2.38. The molecule has 0 fully saturated rings. The van der Waals surface area contributed by atoms with Crippen LogP contribution in [-0.4, -0.2) is 14.5 Å². The van der Waals surface area contributed by atoms with E-state index in [0.717, 1.165) is 5.06 Å². The van der Waals surface area contributed by atoms with Crippen LogP contribution in [-0.2, 0) is 4.53 Å². The number of anilines is 1. The second-order valence-electron chi connectivity index (χ2n) is 6.22. The zero-order chi connectivity index (χ0) is 17.1. The lowest BCUT2D eigenvalue weighted by Crippen LogP contribution is -2.45. The first-order valence-electron chi connectivity index (χ1n) is 7.33. The van der Waals surface area contributed by atoms with Crippen molar-refractivity contribution in [2.24, 2.45) is 0 Å². The molecule has 124 valence electrons. The standard InChI is InChI=1S/C17H20F3NOSi/c1-23(2,3)22-21(15-12-8-5-9-13-15)16(17(18,19)20)14-10-6-4-7-11-14/h4-13,16H,1-3H3. The Morgan fingerprint density at radius 3 is 1.78 bits per heavy atom. The molecule has 6 heteroatoms. The SMILES string of the molecule is C[Si](C)(C)ON(c1ccccc1)C(c1ccccc1)C(F)(F)F. The van der Waals surface area contributed by atoms with Crippen LogP contribution in [0.5, 0.6) is 0 Å². The molecule has 0 aliphatic heterocycles. The van der Waals surface area contributed by atoms with Gasteiger partial charge in [-0.1, -0.05) is 48.5 Å². The second-order valence-corrected chi connectivity index (χ2v) is 10.6. The second kappa shape index (κ2) is 6.76. The smallest absolute Gasteiger partial charge is 0.319 e. The van der Waals surface area contributed by atoms with Gasteiger partial charge >= 0.3 is 6.18 Å². The van der Waals surface area contributed by atoms with E-state index >= 15 is 0 Å². The third kappa shape index (κ3) is 4.84. The van der Waals surface area contributed by atoms with Crippen molar-refractivity contribution in [3.63, 3.8) is 0 Å². The minimum atomic E-state index is -4.46. The topological polar surface area (TPSA) is 12.5 Å². The maximum atomic E-state index is 13.8. The number of hydroxylamine groups is 1. The molecule has 2 nitrogen and oxygen atoms in total. The van der Waals surface area contributed by atoms with Gasteiger partial charge in [-0.25, -0.2) is 5.06 Å². The molecule has 0 radical (unpaired) electrons. The Morgan fingerprint density at radius 1 is 0.870 bits per heavy atom. The summed E-state index contributed by atoms with van der Waals surface area (Å²) in [6.45, 7) is 5.59. The summed E-state index contributed by atoms with van der Waals surface area (Å²) in [4.78, 5) is 0. The first-order chi connectivity index (χ1) is 10.7. The number of halogens is 3. The highest BCUT2D eigenvalue weighted by Gasteiger charge is 2.47. The van der Waals surface area contributed by atoms with Gasteiger partial charge in [0.05, 0.1) is 5.69 Å². The lowest BCUT2D eigenvalue weighted by molar-refractivity contribution is -0.161. The van der Waals surface area contributed by atoms with E-state index in [9.17, 15) is 13.2 Å². The maximum Gasteiger partial charge on any atom is 0.415 e. The molecule has 0 saturated carbocycles. The number of para-hydroxylation sites is 1. The monoisotopic (exact) mass is 339 g/mol. The van der Waals surface area contributed by atoms with Crippen LogP contribution >= 0.6 is 0 Å². The summed E-state index contributed by atoms with van der Waals surface area (Å²) in [5.41, 5.74) is 0.545. The van der Waals surface area contributed by atoms with E-state index in [4.69, 9.17) is 4.53 Å². The van der Waals surface area contributed by atoms with Crippen LogP contribution in [0, 0.1) is 0 Å². The highest BCUT2D eigenvalue weighted by Crippen LogP contribution is 2.41. The van der Waals surface area contributed by atoms with Gasteiger partial charge < -0.3 is 4.53 Å². The van der Waals surface area contributed by atoms with Gasteiger partial charge in [0, 0.05) is 0 Å². The Hall–Kier alpha value is -1.79. The van der Waals surface area contributed by atoms with E-state index in [-0.39, 0.29) is 5.56 Å². The Kier molecular flexibility index (Phi) is 5.16. The first-order valence-corrected chi connectivity index (χ1v) is 10.7. The van der Waals surface area contributed by atoms with Gasteiger partial charge in [-0.05, 0) is 37.3 Å². The molecule has 0 bridgehead atoms. The third-order valence-electron chi connectivity index (χ3n) is 3.04. The molecule has 0 aliphatic carbocycles. The fourth-order valence-corrected chi connectivity index (χ4v) is 3.02. The van der Waals surface area contributed by atoms with Gasteiger partial charge in [0.25, 0.3) is 0 Å². The predicted octanol–water partition coefficient (Wildman–Crippen LogP) is 5.56. The molecule has 2 aromatic carbocycles. The number of hydrogen-bond acceptors (Lipinski definition) is 2. The molecule has 0 N–H and O–H groups in total. The summed E-state index contributed by atoms with van der Waals surface area (Å²) in [6.07, 6.45) is -4.46. The van der Waals surface area contributed by atoms with Crippen molar-refractivity contribution in [3.8, 4) is 0 Å². The molecule has 0 spiro atoms. The van der Waals surface area contributed by atoms with Crippen LogP contribution in [0.15, 0.2) is 60.7 Å². The molecule has 1 atom stereocenters. The highest BCUT2D eigenvalue weighted by molar-refractivity contribution is 6.69. The lowest BCUT2D eigenvalue weighted by atomic mass is 10.1. The van der Waals surface area contributed by atoms with Crippen molar-refractivity contribution in [2.75, 3.05) is 5.06 Å². The molecule has 0 heterocycles. The molecule has 1 unspecified atom stereocenters. The van der Waals surface area contributed by atoms with Crippen molar-refractivity contribution in [3.05, 3.63) is 66.2 Å². The average Bonchev–Trinajstić information content (AvgIpc) is 2.46. The summed E-state index contributed by atoms with van der Waals surface area (Å²) >= 11 is 0. The summed E-state index contributed by atoms with van der Waals surface area (Å²) < 4.78 is 47.3. The molecular weight excluding hydrogens is 319 g/mol. The summed E-state index contributed by atoms with van der Waals surface area (Å²) in [5, 5.41) is 1.02. The van der Waals surface area contributed by atoms with Crippen LogP contribution in [0.25, 0.3) is 0 Å². The molecule has 0 aromatic heterocycles. The van der Waals surface area contributed by atoms with Gasteiger partial charge in [-0.3, -0.25) is 0 Å². The fourth-order valence-electron chi connectivity index (χ4n) is 2.22. The molecule has 0 aliphatic rings. The van der Waals surface area contributed by atoms with Crippen LogP contribution < -0.4 is 5.06 Å². The number of benzene rings is 2. The Balaban J connectivity index is 2.53. The van der Waals surface area contributed by atoms with Gasteiger partial charge in [-0.15, -0.1) is 0 Å². The number of nitrogens with zero attached hydrogens (tertiary/aromatic N) is 1. The number of hydrogen-bond donors (Lipinski definition) is 0. The predicted molar refractivity (Wildman–Crippen MR) is 88.6 cm³/mol. The van der Waals surface area contributed by atoms with E-state index in [1.165, 1.54) is 12.1 Å². The Morgan fingerprint density at radius 2 is 1.35 bits per heavy atom. The molecule has 23 heavy (non-hydrogen) atoms. The number of alkyl halides is 3. The molecule has 0 amide bonds. The zero-order valence-electron chi connectivity index (χ0n) is 13.3. The van der Waals surface area contributed by atoms with Crippen LogP contribution in [0.3, 0.4) is 0 Å². The van der Waals surface area contributed by atoms with Crippen LogP contribution in [0.2, 0.25) is 19.6 Å². The molecule has 0 saturated heterocycles. The largest absolute Gasteiger partial charge is 0.415 e. The summed E-state index contributed by atoms with van der Waals surface area (Å²) in [7, 11) is -2.25. The fraction of sp³-hybridized carbons (Fsp3) is 0.294. The van der Waals surface area contributed by atoms with Gasteiger partial charge in [0.1, 0.15) is 0 Å². The normalized spacial score (nSPS) is 13.7. The maximum absolute atomic E-state index is 13.8. The third-order valence-corrected chi connectivity index (χ3v) is 3.79. The molecule has 2 aromatic rings. The highest BCUT2D eigenvalue weighted by atomic mass is 28.4. The Labute approximate surface area is 135 Å². The zero-order valence-corrected chi connectivity index (χ0v) is 14.3. The number of rotatable bonds is 5. The van der Waals surface area contributed by atoms with Crippen molar-refractivity contribution in [1.29, 1.82) is 0 Å². The van der Waals surface area contributed by atoms with Gasteiger partial charge in [0.2, 0.25) is 8.32 Å². The quantitative estimate of drug-likeness (QED) is 0.522. The van der Waals surface area contributed by atoms with E-state index < -0.39 is 20.5 Å². The summed E-state index contributed by atoms with van der Waals surface area (Å²) in [6, 6.07) is 14.4. The van der Waals surface area contributed by atoms with E-state index in [1.54, 1.807) is 48.5 Å². The van der Waals surface area contributed by atoms with Crippen LogP contribution in [0.1, 0.15) is 11.6 Å². The van der Waals surface area contributed by atoms with E-state index in [0.29, 0.717) is 5.69 Å².